The summed E-state index contributed by atoms with van der Waals surface area (Å²) in [4.78, 5) is 8.48. The van der Waals surface area contributed by atoms with Crippen molar-refractivity contribution in [3.8, 4) is 0 Å². The molecule has 0 fully saturated rings. The third-order valence-corrected chi connectivity index (χ3v) is 1.82. The molecule has 0 bridgehead atoms. The van der Waals surface area contributed by atoms with E-state index in [1.165, 1.54) is 0 Å². The lowest BCUT2D eigenvalue weighted by molar-refractivity contribution is -0.162. The van der Waals surface area contributed by atoms with Gasteiger partial charge in [0.25, 0.3) is 0 Å². The summed E-state index contributed by atoms with van der Waals surface area (Å²) in [5, 5.41) is 7.81. The van der Waals surface area contributed by atoms with Crippen molar-refractivity contribution in [1.82, 2.24) is 0 Å². The lowest BCUT2D eigenvalue weighted by Gasteiger charge is -2.05. The SMILES string of the molecule is CCCCCOP(=O)(O)OO. The van der Waals surface area contributed by atoms with Gasteiger partial charge in [-0.05, 0) is 6.42 Å². The minimum absolute atomic E-state index is 0.127. The summed E-state index contributed by atoms with van der Waals surface area (Å²) in [5.74, 6) is 0. The third-order valence-electron chi connectivity index (χ3n) is 1.11. The van der Waals surface area contributed by atoms with Crippen molar-refractivity contribution >= 4 is 7.82 Å². The summed E-state index contributed by atoms with van der Waals surface area (Å²) in [6.45, 7) is 2.13. The molecule has 0 aliphatic rings. The molecule has 0 rings (SSSR count). The van der Waals surface area contributed by atoms with Crippen molar-refractivity contribution in [1.29, 1.82) is 0 Å². The van der Waals surface area contributed by atoms with Crippen LogP contribution in [0.5, 0.6) is 0 Å². The van der Waals surface area contributed by atoms with Crippen molar-refractivity contribution in [3.63, 3.8) is 0 Å². The van der Waals surface area contributed by atoms with Crippen LogP contribution in [0, 0.1) is 0 Å². The summed E-state index contributed by atoms with van der Waals surface area (Å²) in [6.07, 6.45) is 2.61. The molecule has 0 saturated heterocycles. The second kappa shape index (κ2) is 5.69. The van der Waals surface area contributed by atoms with Crippen molar-refractivity contribution in [2.75, 3.05) is 6.61 Å². The normalized spacial score (nSPS) is 16.3. The Labute approximate surface area is 65.5 Å². The molecule has 0 amide bonds. The maximum absolute atomic E-state index is 10.4. The van der Waals surface area contributed by atoms with Gasteiger partial charge in [0.15, 0.2) is 0 Å². The lowest BCUT2D eigenvalue weighted by atomic mass is 10.3. The molecule has 0 aromatic carbocycles. The molecule has 0 aromatic heterocycles. The molecule has 0 radical (unpaired) electrons. The highest BCUT2D eigenvalue weighted by Gasteiger charge is 2.19. The van der Waals surface area contributed by atoms with Gasteiger partial charge in [0.05, 0.1) is 6.61 Å². The smallest absolute Gasteiger partial charge is 0.301 e. The number of hydrogen-bond acceptors (Lipinski definition) is 4. The molecule has 0 aliphatic carbocycles. The quantitative estimate of drug-likeness (QED) is 0.285. The van der Waals surface area contributed by atoms with Gasteiger partial charge in [-0.2, -0.15) is 0 Å². The second-order valence-corrected chi connectivity index (χ2v) is 3.45. The maximum atomic E-state index is 10.4. The molecule has 11 heavy (non-hydrogen) atoms. The Kier molecular flexibility index (Phi) is 5.72. The van der Waals surface area contributed by atoms with Crippen LogP contribution in [0.15, 0.2) is 0 Å². The van der Waals surface area contributed by atoms with E-state index in [0.717, 1.165) is 12.8 Å². The number of hydrogen-bond donors (Lipinski definition) is 2. The van der Waals surface area contributed by atoms with Crippen LogP contribution >= 0.6 is 7.82 Å². The Morgan fingerprint density at radius 2 is 2.09 bits per heavy atom. The molecular formula is C5H13O5P. The van der Waals surface area contributed by atoms with Gasteiger partial charge in [-0.1, -0.05) is 19.8 Å². The highest BCUT2D eigenvalue weighted by atomic mass is 31.2. The van der Waals surface area contributed by atoms with Crippen molar-refractivity contribution in [2.24, 2.45) is 0 Å². The van der Waals surface area contributed by atoms with Crippen LogP contribution in [-0.4, -0.2) is 16.8 Å². The van der Waals surface area contributed by atoms with E-state index in [9.17, 15) is 4.57 Å². The second-order valence-electron chi connectivity index (χ2n) is 2.09. The first-order chi connectivity index (χ1) is 5.12. The molecule has 68 valence electrons. The van der Waals surface area contributed by atoms with E-state index in [1.54, 1.807) is 0 Å². The van der Waals surface area contributed by atoms with Crippen LogP contribution < -0.4 is 0 Å². The van der Waals surface area contributed by atoms with Crippen molar-refractivity contribution < 1.29 is 23.9 Å². The van der Waals surface area contributed by atoms with Gasteiger partial charge in [0.1, 0.15) is 0 Å². The number of phosphoric ester groups is 1. The minimum Gasteiger partial charge on any atom is -0.301 e. The highest BCUT2D eigenvalue weighted by molar-refractivity contribution is 7.47. The van der Waals surface area contributed by atoms with Gasteiger partial charge >= 0.3 is 7.82 Å². The van der Waals surface area contributed by atoms with Gasteiger partial charge in [-0.3, -0.25) is 4.52 Å². The number of rotatable bonds is 6. The van der Waals surface area contributed by atoms with E-state index in [-0.39, 0.29) is 6.61 Å². The Balaban J connectivity index is 3.31. The summed E-state index contributed by atoms with van der Waals surface area (Å²) in [6, 6.07) is 0. The molecule has 0 heterocycles. The predicted molar refractivity (Wildman–Crippen MR) is 39.0 cm³/mol. The van der Waals surface area contributed by atoms with Gasteiger partial charge < -0.3 is 4.89 Å². The van der Waals surface area contributed by atoms with E-state index in [2.05, 4.69) is 9.20 Å². The molecule has 5 nitrogen and oxygen atoms in total. The molecule has 6 heteroatoms. The third kappa shape index (κ3) is 6.47. The fourth-order valence-corrected chi connectivity index (χ4v) is 0.963. The lowest BCUT2D eigenvalue weighted by Crippen LogP contribution is -1.94. The Morgan fingerprint density at radius 1 is 1.45 bits per heavy atom. The highest BCUT2D eigenvalue weighted by Crippen LogP contribution is 2.41. The van der Waals surface area contributed by atoms with E-state index in [4.69, 9.17) is 10.2 Å². The predicted octanol–water partition coefficient (Wildman–Crippen LogP) is 1.78. The van der Waals surface area contributed by atoms with Crippen LogP contribution in [0.2, 0.25) is 0 Å². The fourth-order valence-electron chi connectivity index (χ4n) is 0.556. The molecule has 1 atom stereocenters. The van der Waals surface area contributed by atoms with Crippen LogP contribution in [0.4, 0.5) is 0 Å². The fraction of sp³-hybridized carbons (Fsp3) is 1.00. The molecule has 0 spiro atoms. The largest absolute Gasteiger partial charge is 0.499 e. The topological polar surface area (TPSA) is 76.0 Å². The van der Waals surface area contributed by atoms with E-state index in [1.807, 2.05) is 6.92 Å². The molecule has 0 aliphatic heterocycles. The molecular weight excluding hydrogens is 171 g/mol. The molecule has 1 unspecified atom stereocenters. The van der Waals surface area contributed by atoms with Crippen LogP contribution in [0.1, 0.15) is 26.2 Å². The Hall–Kier alpha value is 0.0700. The van der Waals surface area contributed by atoms with Crippen LogP contribution in [-0.2, 0) is 13.8 Å². The number of unbranched alkanes of at least 4 members (excludes halogenated alkanes) is 2. The Morgan fingerprint density at radius 3 is 2.55 bits per heavy atom. The minimum atomic E-state index is -4.16. The molecule has 0 saturated carbocycles. The maximum Gasteiger partial charge on any atom is 0.499 e. The van der Waals surface area contributed by atoms with Crippen LogP contribution in [0.3, 0.4) is 0 Å². The molecule has 0 aromatic rings. The van der Waals surface area contributed by atoms with Crippen molar-refractivity contribution in [3.05, 3.63) is 0 Å². The average molecular weight is 184 g/mol. The molecule has 2 N–H and O–H groups in total. The average Bonchev–Trinajstić information content (AvgIpc) is 1.99. The zero-order valence-electron chi connectivity index (χ0n) is 6.39. The standard InChI is InChI=1S/C5H13O5P/c1-2-3-4-5-9-11(7,8)10-6/h6H,2-5H2,1H3,(H,7,8). The number of phosphoric acid groups is 1. The summed E-state index contributed by atoms with van der Waals surface area (Å²) < 4.78 is 17.9. The first kappa shape index (κ1) is 11.1. The van der Waals surface area contributed by atoms with E-state index < -0.39 is 7.82 Å². The van der Waals surface area contributed by atoms with Gasteiger partial charge in [-0.25, -0.2) is 9.82 Å². The van der Waals surface area contributed by atoms with Crippen molar-refractivity contribution in [2.45, 2.75) is 26.2 Å². The summed E-state index contributed by atoms with van der Waals surface area (Å²) >= 11 is 0. The first-order valence-electron chi connectivity index (χ1n) is 3.43. The zero-order chi connectivity index (χ0) is 8.74. The van der Waals surface area contributed by atoms with E-state index in [0.29, 0.717) is 6.42 Å². The zero-order valence-corrected chi connectivity index (χ0v) is 7.29. The summed E-state index contributed by atoms with van der Waals surface area (Å²) in [5.41, 5.74) is 0. The Bertz CT molecular complexity index is 137. The first-order valence-corrected chi connectivity index (χ1v) is 4.92. The summed E-state index contributed by atoms with van der Waals surface area (Å²) in [7, 11) is -4.16. The van der Waals surface area contributed by atoms with Crippen LogP contribution in [0.25, 0.3) is 0 Å². The van der Waals surface area contributed by atoms with Gasteiger partial charge in [0, 0.05) is 0 Å². The van der Waals surface area contributed by atoms with E-state index >= 15 is 0 Å². The van der Waals surface area contributed by atoms with Gasteiger partial charge in [0.2, 0.25) is 0 Å². The monoisotopic (exact) mass is 184 g/mol. The van der Waals surface area contributed by atoms with Gasteiger partial charge in [-0.15, -0.1) is 4.67 Å².